The molecule has 2 heteroatoms. The summed E-state index contributed by atoms with van der Waals surface area (Å²) in [6.07, 6.45) is 3.74. The molecule has 0 atom stereocenters. The van der Waals surface area contributed by atoms with Crippen molar-refractivity contribution in [3.63, 3.8) is 0 Å². The zero-order valence-electron chi connectivity index (χ0n) is 6.32. The molecule has 1 aromatic carbocycles. The van der Waals surface area contributed by atoms with Gasteiger partial charge in [0.1, 0.15) is 5.69 Å². The Hall–Kier alpha value is -1.44. The van der Waals surface area contributed by atoms with Crippen molar-refractivity contribution in [3.05, 3.63) is 40.8 Å². The third-order valence-electron chi connectivity index (χ3n) is 1.38. The Morgan fingerprint density at radius 1 is 1.36 bits per heavy atom. The van der Waals surface area contributed by atoms with Gasteiger partial charge in [-0.2, -0.15) is 0 Å². The second-order valence-electron chi connectivity index (χ2n) is 2.15. The first-order chi connectivity index (χ1) is 5.38. The number of allylic oxidation sites excluding steroid dienone is 1. The van der Waals surface area contributed by atoms with E-state index >= 15 is 0 Å². The first-order valence-electron chi connectivity index (χ1n) is 3.43. The topological polar surface area (TPSA) is 29.4 Å². The van der Waals surface area contributed by atoms with Gasteiger partial charge in [0.05, 0.1) is 0 Å². The van der Waals surface area contributed by atoms with E-state index in [1.165, 1.54) is 0 Å². The van der Waals surface area contributed by atoms with Crippen LogP contribution in [0.3, 0.4) is 0 Å². The molecule has 0 aliphatic heterocycles. The molecule has 0 saturated heterocycles. The molecule has 11 heavy (non-hydrogen) atoms. The van der Waals surface area contributed by atoms with Crippen molar-refractivity contribution in [1.82, 2.24) is 0 Å². The minimum Gasteiger partial charge on any atom is -0.145 e. The van der Waals surface area contributed by atoms with E-state index in [1.54, 1.807) is 12.1 Å². The summed E-state index contributed by atoms with van der Waals surface area (Å²) in [4.78, 5) is 10.2. The van der Waals surface area contributed by atoms with Crippen LogP contribution in [-0.2, 0) is 0 Å². The van der Waals surface area contributed by atoms with Crippen LogP contribution in [0.2, 0.25) is 0 Å². The van der Waals surface area contributed by atoms with Crippen molar-refractivity contribution in [2.24, 2.45) is 5.18 Å². The molecule has 0 N–H and O–H groups in total. The van der Waals surface area contributed by atoms with Gasteiger partial charge in [0.25, 0.3) is 0 Å². The summed E-state index contributed by atoms with van der Waals surface area (Å²) in [7, 11) is 0. The molecule has 0 heterocycles. The molecular weight excluding hydrogens is 138 g/mol. The fourth-order valence-corrected chi connectivity index (χ4v) is 0.891. The molecule has 1 rings (SSSR count). The fourth-order valence-electron chi connectivity index (χ4n) is 0.891. The van der Waals surface area contributed by atoms with Crippen LogP contribution in [0.15, 0.2) is 35.5 Å². The Balaban J connectivity index is 3.11. The van der Waals surface area contributed by atoms with E-state index in [2.05, 4.69) is 5.18 Å². The fraction of sp³-hybridized carbons (Fsp3) is 0.111. The van der Waals surface area contributed by atoms with Crippen LogP contribution in [0.5, 0.6) is 0 Å². The average Bonchev–Trinajstić information content (AvgIpc) is 2.06. The van der Waals surface area contributed by atoms with E-state index in [9.17, 15) is 4.91 Å². The zero-order valence-corrected chi connectivity index (χ0v) is 6.32. The van der Waals surface area contributed by atoms with Gasteiger partial charge in [-0.25, -0.2) is 0 Å². The molecule has 2 nitrogen and oxygen atoms in total. The Morgan fingerprint density at radius 3 is 2.73 bits per heavy atom. The number of benzene rings is 1. The molecule has 0 radical (unpaired) electrons. The lowest BCUT2D eigenvalue weighted by atomic mass is 10.2. The Labute approximate surface area is 65.5 Å². The highest BCUT2D eigenvalue weighted by Gasteiger charge is 1.94. The molecule has 0 aliphatic carbocycles. The summed E-state index contributed by atoms with van der Waals surface area (Å²) in [6, 6.07) is 7.23. The third kappa shape index (κ3) is 1.74. The monoisotopic (exact) mass is 147 g/mol. The number of hydrogen-bond donors (Lipinski definition) is 0. The largest absolute Gasteiger partial charge is 0.145 e. The molecule has 0 saturated carbocycles. The summed E-state index contributed by atoms with van der Waals surface area (Å²) < 4.78 is 0. The van der Waals surface area contributed by atoms with Gasteiger partial charge >= 0.3 is 0 Å². The van der Waals surface area contributed by atoms with Gasteiger partial charge in [-0.3, -0.25) is 0 Å². The molecule has 0 bridgehead atoms. The van der Waals surface area contributed by atoms with Gasteiger partial charge in [0, 0.05) is 5.56 Å². The molecule has 56 valence electrons. The number of nitrogens with zero attached hydrogens (tertiary/aromatic N) is 1. The van der Waals surface area contributed by atoms with E-state index in [1.807, 2.05) is 31.2 Å². The Morgan fingerprint density at radius 2 is 2.09 bits per heavy atom. The lowest BCUT2D eigenvalue weighted by Crippen LogP contribution is -1.70. The summed E-state index contributed by atoms with van der Waals surface area (Å²) in [6.45, 7) is 1.90. The van der Waals surface area contributed by atoms with Gasteiger partial charge in [-0.05, 0) is 18.2 Å². The van der Waals surface area contributed by atoms with Crippen LogP contribution >= 0.6 is 0 Å². The zero-order chi connectivity index (χ0) is 8.10. The smallest absolute Gasteiger partial charge is 0.115 e. The number of nitroso groups, excluding NO2 is 1. The van der Waals surface area contributed by atoms with Crippen LogP contribution < -0.4 is 0 Å². The maximum Gasteiger partial charge on any atom is 0.115 e. The van der Waals surface area contributed by atoms with E-state index in [0.717, 1.165) is 5.56 Å². The van der Waals surface area contributed by atoms with Crippen LogP contribution in [0, 0.1) is 4.91 Å². The van der Waals surface area contributed by atoms with Crippen molar-refractivity contribution >= 4 is 11.8 Å². The molecule has 0 fully saturated rings. The highest BCUT2D eigenvalue weighted by atomic mass is 16.3. The predicted molar refractivity (Wildman–Crippen MR) is 46.6 cm³/mol. The van der Waals surface area contributed by atoms with Gasteiger partial charge in [-0.1, -0.05) is 30.4 Å². The van der Waals surface area contributed by atoms with E-state index in [-0.39, 0.29) is 0 Å². The third-order valence-corrected chi connectivity index (χ3v) is 1.38. The molecule has 0 spiro atoms. The first kappa shape index (κ1) is 7.66. The van der Waals surface area contributed by atoms with Crippen molar-refractivity contribution < 1.29 is 0 Å². The van der Waals surface area contributed by atoms with Crippen LogP contribution in [0.25, 0.3) is 6.08 Å². The van der Waals surface area contributed by atoms with Crippen LogP contribution in [0.4, 0.5) is 5.69 Å². The molecule has 0 aromatic heterocycles. The quantitative estimate of drug-likeness (QED) is 0.591. The van der Waals surface area contributed by atoms with Crippen molar-refractivity contribution in [2.75, 3.05) is 0 Å². The van der Waals surface area contributed by atoms with Crippen LogP contribution in [-0.4, -0.2) is 0 Å². The number of rotatable bonds is 2. The van der Waals surface area contributed by atoms with E-state index in [0.29, 0.717) is 5.69 Å². The second-order valence-corrected chi connectivity index (χ2v) is 2.15. The van der Waals surface area contributed by atoms with Gasteiger partial charge < -0.3 is 0 Å². The number of hydrogen-bond acceptors (Lipinski definition) is 2. The highest BCUT2D eigenvalue weighted by Crippen LogP contribution is 2.18. The maximum absolute atomic E-state index is 10.2. The van der Waals surface area contributed by atoms with Crippen molar-refractivity contribution in [3.8, 4) is 0 Å². The lowest BCUT2D eigenvalue weighted by molar-refractivity contribution is 1.47. The van der Waals surface area contributed by atoms with Crippen LogP contribution in [0.1, 0.15) is 12.5 Å². The SMILES string of the molecule is C/C=C/c1ccccc1N=O. The predicted octanol–water partition coefficient (Wildman–Crippen LogP) is 3.12. The molecule has 0 aliphatic rings. The van der Waals surface area contributed by atoms with Gasteiger partial charge in [0.15, 0.2) is 0 Å². The summed E-state index contributed by atoms with van der Waals surface area (Å²) in [5, 5.41) is 2.89. The second kappa shape index (κ2) is 3.66. The summed E-state index contributed by atoms with van der Waals surface area (Å²) in [5.74, 6) is 0. The van der Waals surface area contributed by atoms with Crippen molar-refractivity contribution in [2.45, 2.75) is 6.92 Å². The Kier molecular flexibility index (Phi) is 2.55. The maximum atomic E-state index is 10.2. The molecular formula is C9H9NO. The minimum absolute atomic E-state index is 0.491. The normalized spacial score (nSPS) is 10.3. The standard InChI is InChI=1S/C9H9NO/c1-2-5-8-6-3-4-7-9(8)10-11/h2-7H,1H3/b5-2+. The van der Waals surface area contributed by atoms with Gasteiger partial charge in [0.2, 0.25) is 0 Å². The Bertz CT molecular complexity index is 279. The lowest BCUT2D eigenvalue weighted by Gasteiger charge is -1.93. The molecule has 0 amide bonds. The van der Waals surface area contributed by atoms with E-state index in [4.69, 9.17) is 0 Å². The average molecular weight is 147 g/mol. The van der Waals surface area contributed by atoms with Crippen molar-refractivity contribution in [1.29, 1.82) is 0 Å². The minimum atomic E-state index is 0.491. The first-order valence-corrected chi connectivity index (χ1v) is 3.43. The van der Waals surface area contributed by atoms with Gasteiger partial charge in [-0.15, -0.1) is 4.91 Å². The summed E-state index contributed by atoms with van der Waals surface area (Å²) >= 11 is 0. The van der Waals surface area contributed by atoms with E-state index < -0.39 is 0 Å². The summed E-state index contributed by atoms with van der Waals surface area (Å²) in [5.41, 5.74) is 1.36. The molecule has 0 unspecified atom stereocenters. The highest BCUT2D eigenvalue weighted by molar-refractivity contribution is 5.63. The molecule has 1 aromatic rings.